The molecule has 96 valence electrons. The van der Waals surface area contributed by atoms with E-state index in [0.29, 0.717) is 12.1 Å². The Balaban J connectivity index is 2.61. The second kappa shape index (κ2) is 5.33. The summed E-state index contributed by atoms with van der Waals surface area (Å²) >= 11 is 0. The first-order valence-corrected chi connectivity index (χ1v) is 5.94. The Morgan fingerprint density at radius 2 is 2.11 bits per heavy atom. The molecule has 0 bridgehead atoms. The number of fused-ring (bicyclic) bond motifs is 1. The molecule has 0 aliphatic carbocycles. The van der Waals surface area contributed by atoms with Gasteiger partial charge in [0.15, 0.2) is 0 Å². The van der Waals surface area contributed by atoms with Crippen LogP contribution in [0.2, 0.25) is 0 Å². The number of phenolic OH excluding ortho intramolecular Hbond substituents is 1. The third-order valence-corrected chi connectivity index (χ3v) is 3.03. The number of benzene rings is 1. The van der Waals surface area contributed by atoms with E-state index in [1.807, 2.05) is 32.2 Å². The number of hydrogen-bond donors (Lipinski definition) is 2. The highest BCUT2D eigenvalue weighted by molar-refractivity contribution is 5.87. The van der Waals surface area contributed by atoms with Crippen LogP contribution in [0.3, 0.4) is 0 Å². The predicted octanol–water partition coefficient (Wildman–Crippen LogP) is 2.16. The van der Waals surface area contributed by atoms with Crippen LogP contribution in [0, 0.1) is 6.92 Å². The molecule has 2 N–H and O–H groups in total. The molecular weight excluding hydrogens is 228 g/mol. The lowest BCUT2D eigenvalue weighted by Gasteiger charge is -2.17. The van der Waals surface area contributed by atoms with Gasteiger partial charge in [0.05, 0.1) is 6.10 Å². The number of ether oxygens (including phenoxy) is 1. The van der Waals surface area contributed by atoms with E-state index in [9.17, 15) is 5.11 Å². The van der Waals surface area contributed by atoms with Crippen molar-refractivity contribution in [2.45, 2.75) is 13.0 Å². The number of phenols is 1. The van der Waals surface area contributed by atoms with Crippen LogP contribution in [0.15, 0.2) is 24.3 Å². The number of nitrogens with one attached hydrogen (secondary N) is 1. The third-order valence-electron chi connectivity index (χ3n) is 3.03. The second-order valence-corrected chi connectivity index (χ2v) is 4.30. The molecule has 1 atom stereocenters. The molecule has 1 aromatic heterocycles. The van der Waals surface area contributed by atoms with E-state index in [1.165, 1.54) is 0 Å². The maximum Gasteiger partial charge on any atom is 0.141 e. The molecule has 1 aromatic carbocycles. The summed E-state index contributed by atoms with van der Waals surface area (Å²) in [6, 6.07) is 7.48. The molecule has 0 radical (unpaired) electrons. The Bertz CT molecular complexity index is 555. The summed E-state index contributed by atoms with van der Waals surface area (Å²) in [5.41, 5.74) is 2.55. The first kappa shape index (κ1) is 12.8. The number of aromatic hydroxyl groups is 1. The molecule has 0 fully saturated rings. The number of likely N-dealkylation sites (N-methyl/N-ethyl adjacent to an activating group) is 1. The highest BCUT2D eigenvalue weighted by Crippen LogP contribution is 2.30. The van der Waals surface area contributed by atoms with Crippen LogP contribution in [0.25, 0.3) is 10.9 Å². The minimum absolute atomic E-state index is 0.0531. The summed E-state index contributed by atoms with van der Waals surface area (Å²) in [5, 5.41) is 13.9. The summed E-state index contributed by atoms with van der Waals surface area (Å²) in [6.07, 6.45) is -0.0531. The van der Waals surface area contributed by atoms with Gasteiger partial charge in [-0.2, -0.15) is 0 Å². The molecule has 1 unspecified atom stereocenters. The minimum atomic E-state index is -0.0531. The molecule has 0 saturated carbocycles. The fourth-order valence-electron chi connectivity index (χ4n) is 2.11. The average molecular weight is 246 g/mol. The number of hydrogen-bond acceptors (Lipinski definition) is 4. The summed E-state index contributed by atoms with van der Waals surface area (Å²) in [4.78, 5) is 4.39. The number of aromatic nitrogens is 1. The van der Waals surface area contributed by atoms with Crippen LogP contribution in [0.4, 0.5) is 0 Å². The van der Waals surface area contributed by atoms with Gasteiger partial charge in [-0.05, 0) is 31.7 Å². The standard InChI is InChI=1S/C14H18N2O2/c1-9-4-5-11-10(13(18-3)8-15-2)6-7-12(17)14(11)16-9/h4-7,13,15,17H,8H2,1-3H3. The van der Waals surface area contributed by atoms with Crippen molar-refractivity contribution in [3.63, 3.8) is 0 Å². The molecule has 0 aliphatic rings. The van der Waals surface area contributed by atoms with Gasteiger partial charge in [0.25, 0.3) is 0 Å². The van der Waals surface area contributed by atoms with E-state index in [2.05, 4.69) is 10.3 Å². The molecule has 0 spiro atoms. The minimum Gasteiger partial charge on any atom is -0.506 e. The quantitative estimate of drug-likeness (QED) is 0.868. The van der Waals surface area contributed by atoms with Crippen molar-refractivity contribution in [1.29, 1.82) is 0 Å². The first-order valence-electron chi connectivity index (χ1n) is 5.94. The van der Waals surface area contributed by atoms with Crippen molar-refractivity contribution in [1.82, 2.24) is 10.3 Å². The van der Waals surface area contributed by atoms with Crippen molar-refractivity contribution in [3.05, 3.63) is 35.5 Å². The maximum absolute atomic E-state index is 9.89. The van der Waals surface area contributed by atoms with Crippen LogP contribution >= 0.6 is 0 Å². The Labute approximate surface area is 107 Å². The van der Waals surface area contributed by atoms with Crippen molar-refractivity contribution < 1.29 is 9.84 Å². The molecule has 0 saturated heterocycles. The van der Waals surface area contributed by atoms with Crippen LogP contribution in [-0.2, 0) is 4.74 Å². The highest BCUT2D eigenvalue weighted by atomic mass is 16.5. The largest absolute Gasteiger partial charge is 0.506 e. The predicted molar refractivity (Wildman–Crippen MR) is 71.8 cm³/mol. The Kier molecular flexibility index (Phi) is 3.79. The van der Waals surface area contributed by atoms with Gasteiger partial charge in [0.1, 0.15) is 11.3 Å². The topological polar surface area (TPSA) is 54.4 Å². The van der Waals surface area contributed by atoms with E-state index >= 15 is 0 Å². The van der Waals surface area contributed by atoms with Gasteiger partial charge in [0, 0.05) is 24.7 Å². The van der Waals surface area contributed by atoms with E-state index in [-0.39, 0.29) is 11.9 Å². The van der Waals surface area contributed by atoms with E-state index in [1.54, 1.807) is 13.2 Å². The zero-order chi connectivity index (χ0) is 13.1. The van der Waals surface area contributed by atoms with Crippen molar-refractivity contribution >= 4 is 10.9 Å². The number of aryl methyl sites for hydroxylation is 1. The number of methoxy groups -OCH3 is 1. The summed E-state index contributed by atoms with van der Waals surface area (Å²) in [5.74, 6) is 0.205. The third kappa shape index (κ3) is 2.30. The fourth-order valence-corrected chi connectivity index (χ4v) is 2.11. The van der Waals surface area contributed by atoms with Gasteiger partial charge in [-0.25, -0.2) is 4.98 Å². The van der Waals surface area contributed by atoms with Crippen molar-refractivity contribution in [2.24, 2.45) is 0 Å². The number of nitrogens with zero attached hydrogens (tertiary/aromatic N) is 1. The van der Waals surface area contributed by atoms with Crippen LogP contribution in [-0.4, -0.2) is 30.8 Å². The smallest absolute Gasteiger partial charge is 0.141 e. The van der Waals surface area contributed by atoms with Gasteiger partial charge in [-0.15, -0.1) is 0 Å². The summed E-state index contributed by atoms with van der Waals surface area (Å²) in [6.45, 7) is 2.62. The number of pyridine rings is 1. The highest BCUT2D eigenvalue weighted by Gasteiger charge is 2.15. The Morgan fingerprint density at radius 1 is 1.33 bits per heavy atom. The molecule has 4 nitrogen and oxygen atoms in total. The molecule has 0 amide bonds. The van der Waals surface area contributed by atoms with Crippen LogP contribution < -0.4 is 5.32 Å². The number of rotatable bonds is 4. The monoisotopic (exact) mass is 246 g/mol. The van der Waals surface area contributed by atoms with Crippen molar-refractivity contribution in [3.8, 4) is 5.75 Å². The lowest BCUT2D eigenvalue weighted by Crippen LogP contribution is -2.18. The van der Waals surface area contributed by atoms with Gasteiger partial charge in [-0.1, -0.05) is 12.1 Å². The first-order chi connectivity index (χ1) is 8.67. The summed E-state index contributed by atoms with van der Waals surface area (Å²) in [7, 11) is 3.57. The normalized spacial score (nSPS) is 12.8. The lowest BCUT2D eigenvalue weighted by atomic mass is 10.0. The van der Waals surface area contributed by atoms with E-state index < -0.39 is 0 Å². The SMILES string of the molecule is CNCC(OC)c1ccc(O)c2nc(C)ccc12. The maximum atomic E-state index is 9.89. The van der Waals surface area contributed by atoms with Gasteiger partial charge in [-0.3, -0.25) is 0 Å². The molecule has 2 aromatic rings. The van der Waals surface area contributed by atoms with Gasteiger partial charge >= 0.3 is 0 Å². The van der Waals surface area contributed by atoms with Crippen molar-refractivity contribution in [2.75, 3.05) is 20.7 Å². The Hall–Kier alpha value is -1.65. The summed E-state index contributed by atoms with van der Waals surface area (Å²) < 4.78 is 5.48. The van der Waals surface area contributed by atoms with Gasteiger partial charge in [0.2, 0.25) is 0 Å². The lowest BCUT2D eigenvalue weighted by molar-refractivity contribution is 0.105. The van der Waals surface area contributed by atoms with Crippen LogP contribution in [0.1, 0.15) is 17.4 Å². The fraction of sp³-hybridized carbons (Fsp3) is 0.357. The van der Waals surface area contributed by atoms with E-state index in [4.69, 9.17) is 4.74 Å². The zero-order valence-corrected chi connectivity index (χ0v) is 10.9. The molecule has 18 heavy (non-hydrogen) atoms. The molecule has 1 heterocycles. The second-order valence-electron chi connectivity index (χ2n) is 4.30. The molecule has 2 rings (SSSR count). The molecular formula is C14H18N2O2. The van der Waals surface area contributed by atoms with E-state index in [0.717, 1.165) is 16.6 Å². The van der Waals surface area contributed by atoms with Crippen LogP contribution in [0.5, 0.6) is 5.75 Å². The molecule has 0 aliphatic heterocycles. The zero-order valence-electron chi connectivity index (χ0n) is 10.9. The molecule has 4 heteroatoms. The van der Waals surface area contributed by atoms with Gasteiger partial charge < -0.3 is 15.2 Å². The Morgan fingerprint density at radius 3 is 2.78 bits per heavy atom. The average Bonchev–Trinajstić information content (AvgIpc) is 2.37.